The standard InChI is InChI=1S/C18H15BrN2O3S/c1-11-6-5-9-14-16(11)21(10-15(22)24-2)18(25-14)20-17(23)12-7-3-4-8-13(12)19/h3-9H,10H2,1-2H3. The molecule has 5 nitrogen and oxygen atoms in total. The van der Waals surface area contributed by atoms with Crippen molar-refractivity contribution >= 4 is 49.4 Å². The average Bonchev–Trinajstić information content (AvgIpc) is 2.93. The number of benzene rings is 2. The maximum absolute atomic E-state index is 12.6. The number of aryl methyl sites for hydroxylation is 1. The van der Waals surface area contributed by atoms with Gasteiger partial charge in [0, 0.05) is 4.47 Å². The van der Waals surface area contributed by atoms with Crippen LogP contribution in [0.5, 0.6) is 0 Å². The minimum Gasteiger partial charge on any atom is -0.468 e. The van der Waals surface area contributed by atoms with Crippen LogP contribution in [-0.2, 0) is 16.1 Å². The Morgan fingerprint density at radius 1 is 1.20 bits per heavy atom. The molecule has 0 bridgehead atoms. The number of aromatic nitrogens is 1. The minimum atomic E-state index is -0.391. The number of hydrogen-bond donors (Lipinski definition) is 0. The molecule has 1 amide bonds. The zero-order valence-corrected chi connectivity index (χ0v) is 16.1. The summed E-state index contributed by atoms with van der Waals surface area (Å²) in [5.74, 6) is -0.756. The Morgan fingerprint density at radius 3 is 2.68 bits per heavy atom. The average molecular weight is 419 g/mol. The summed E-state index contributed by atoms with van der Waals surface area (Å²) in [6, 6.07) is 13.0. The molecule has 3 aromatic rings. The van der Waals surface area contributed by atoms with E-state index in [2.05, 4.69) is 20.9 Å². The molecular formula is C18H15BrN2O3S. The van der Waals surface area contributed by atoms with Crippen molar-refractivity contribution in [1.82, 2.24) is 4.57 Å². The molecule has 0 radical (unpaired) electrons. The molecule has 0 aliphatic rings. The molecule has 7 heteroatoms. The fourth-order valence-corrected chi connectivity index (χ4v) is 4.07. The molecule has 0 saturated carbocycles. The number of thiazole rings is 1. The molecule has 1 aromatic heterocycles. The molecule has 0 unspecified atom stereocenters. The lowest BCUT2D eigenvalue weighted by Crippen LogP contribution is -2.22. The molecule has 0 aliphatic carbocycles. The number of para-hydroxylation sites is 1. The predicted molar refractivity (Wildman–Crippen MR) is 101 cm³/mol. The van der Waals surface area contributed by atoms with E-state index in [4.69, 9.17) is 4.74 Å². The van der Waals surface area contributed by atoms with E-state index in [-0.39, 0.29) is 12.5 Å². The molecule has 1 heterocycles. The molecule has 0 N–H and O–H groups in total. The molecule has 0 saturated heterocycles. The van der Waals surface area contributed by atoms with Crippen molar-refractivity contribution in [3.63, 3.8) is 0 Å². The number of methoxy groups -OCH3 is 1. The van der Waals surface area contributed by atoms with E-state index >= 15 is 0 Å². The van der Waals surface area contributed by atoms with Crippen LogP contribution >= 0.6 is 27.3 Å². The number of amides is 1. The van der Waals surface area contributed by atoms with Crippen molar-refractivity contribution < 1.29 is 14.3 Å². The normalized spacial score (nSPS) is 11.7. The first kappa shape index (κ1) is 17.6. The quantitative estimate of drug-likeness (QED) is 0.609. The van der Waals surface area contributed by atoms with E-state index in [1.165, 1.54) is 18.4 Å². The SMILES string of the molecule is COC(=O)Cn1c(=NC(=O)c2ccccc2Br)sc2cccc(C)c21. The van der Waals surface area contributed by atoms with E-state index < -0.39 is 5.97 Å². The third kappa shape index (κ3) is 3.57. The molecule has 0 atom stereocenters. The van der Waals surface area contributed by atoms with Crippen LogP contribution in [0.2, 0.25) is 0 Å². The van der Waals surface area contributed by atoms with Crippen LogP contribution in [-0.4, -0.2) is 23.6 Å². The van der Waals surface area contributed by atoms with Crippen LogP contribution in [0.3, 0.4) is 0 Å². The Balaban J connectivity index is 2.19. The molecule has 0 fully saturated rings. The first-order chi connectivity index (χ1) is 12.0. The Kier molecular flexibility index (Phi) is 5.15. The molecule has 0 spiro atoms. The lowest BCUT2D eigenvalue weighted by molar-refractivity contribution is -0.141. The van der Waals surface area contributed by atoms with Gasteiger partial charge in [-0.05, 0) is 46.6 Å². The lowest BCUT2D eigenvalue weighted by atomic mass is 10.2. The number of carbonyl (C=O) groups is 2. The van der Waals surface area contributed by atoms with Gasteiger partial charge >= 0.3 is 5.97 Å². The van der Waals surface area contributed by atoms with Gasteiger partial charge in [0.25, 0.3) is 5.91 Å². The lowest BCUT2D eigenvalue weighted by Gasteiger charge is -2.05. The minimum absolute atomic E-state index is 0.00340. The maximum atomic E-state index is 12.6. The Bertz CT molecular complexity index is 1040. The smallest absolute Gasteiger partial charge is 0.325 e. The number of ether oxygens (including phenoxy) is 1. The Hall–Kier alpha value is -2.25. The molecule has 2 aromatic carbocycles. The summed E-state index contributed by atoms with van der Waals surface area (Å²) < 4.78 is 8.16. The maximum Gasteiger partial charge on any atom is 0.325 e. The van der Waals surface area contributed by atoms with Crippen molar-refractivity contribution in [3.8, 4) is 0 Å². The number of carbonyl (C=O) groups excluding carboxylic acids is 2. The van der Waals surface area contributed by atoms with Crippen LogP contribution in [0.15, 0.2) is 51.9 Å². The first-order valence-corrected chi connectivity index (χ1v) is 9.11. The van der Waals surface area contributed by atoms with Gasteiger partial charge in [0.05, 0.1) is 22.9 Å². The van der Waals surface area contributed by atoms with Crippen molar-refractivity contribution in [3.05, 3.63) is 62.9 Å². The second kappa shape index (κ2) is 7.33. The molecular weight excluding hydrogens is 404 g/mol. The molecule has 3 rings (SSSR count). The van der Waals surface area contributed by atoms with Crippen molar-refractivity contribution in [2.24, 2.45) is 4.99 Å². The van der Waals surface area contributed by atoms with Gasteiger partial charge in [-0.3, -0.25) is 9.59 Å². The van der Waals surface area contributed by atoms with Crippen LogP contribution in [0.1, 0.15) is 15.9 Å². The zero-order valence-electron chi connectivity index (χ0n) is 13.7. The van der Waals surface area contributed by atoms with Gasteiger partial charge in [0.1, 0.15) is 6.54 Å². The largest absolute Gasteiger partial charge is 0.468 e. The zero-order chi connectivity index (χ0) is 18.0. The molecule has 25 heavy (non-hydrogen) atoms. The fraction of sp³-hybridized carbons (Fsp3) is 0.167. The van der Waals surface area contributed by atoms with Crippen LogP contribution in [0.4, 0.5) is 0 Å². The van der Waals surface area contributed by atoms with E-state index in [0.717, 1.165) is 15.8 Å². The monoisotopic (exact) mass is 418 g/mol. The fourth-order valence-electron chi connectivity index (χ4n) is 2.51. The topological polar surface area (TPSA) is 60.7 Å². The van der Waals surface area contributed by atoms with Gasteiger partial charge in [-0.2, -0.15) is 4.99 Å². The second-order valence-corrected chi connectivity index (χ2v) is 7.23. The highest BCUT2D eigenvalue weighted by atomic mass is 79.9. The summed E-state index contributed by atoms with van der Waals surface area (Å²) in [6.45, 7) is 1.96. The van der Waals surface area contributed by atoms with Crippen LogP contribution in [0.25, 0.3) is 10.2 Å². The van der Waals surface area contributed by atoms with Gasteiger partial charge in [0.2, 0.25) is 0 Å². The van der Waals surface area contributed by atoms with Crippen LogP contribution < -0.4 is 4.80 Å². The summed E-state index contributed by atoms with van der Waals surface area (Å²) in [7, 11) is 1.34. The highest BCUT2D eigenvalue weighted by Gasteiger charge is 2.14. The first-order valence-electron chi connectivity index (χ1n) is 7.50. The Labute approximate surface area is 156 Å². The van der Waals surface area contributed by atoms with Crippen molar-refractivity contribution in [1.29, 1.82) is 0 Å². The van der Waals surface area contributed by atoms with Crippen molar-refractivity contribution in [2.75, 3.05) is 7.11 Å². The second-order valence-electron chi connectivity index (χ2n) is 5.37. The number of halogens is 1. The summed E-state index contributed by atoms with van der Waals surface area (Å²) in [4.78, 5) is 29.1. The molecule has 0 aliphatic heterocycles. The van der Waals surface area contributed by atoms with Gasteiger partial charge in [0.15, 0.2) is 4.80 Å². The number of hydrogen-bond acceptors (Lipinski definition) is 4. The third-order valence-corrected chi connectivity index (χ3v) is 5.45. The van der Waals surface area contributed by atoms with E-state index in [9.17, 15) is 9.59 Å². The van der Waals surface area contributed by atoms with Gasteiger partial charge in [-0.25, -0.2) is 0 Å². The number of esters is 1. The van der Waals surface area contributed by atoms with Gasteiger partial charge in [-0.1, -0.05) is 35.6 Å². The highest BCUT2D eigenvalue weighted by molar-refractivity contribution is 9.10. The van der Waals surface area contributed by atoms with Gasteiger partial charge < -0.3 is 9.30 Å². The highest BCUT2D eigenvalue weighted by Crippen LogP contribution is 2.22. The summed E-state index contributed by atoms with van der Waals surface area (Å²) >= 11 is 4.74. The summed E-state index contributed by atoms with van der Waals surface area (Å²) in [5.41, 5.74) is 2.37. The van der Waals surface area contributed by atoms with E-state index in [1.54, 1.807) is 22.8 Å². The van der Waals surface area contributed by atoms with E-state index in [0.29, 0.717) is 14.8 Å². The predicted octanol–water partition coefficient (Wildman–Crippen LogP) is 3.69. The number of fused-ring (bicyclic) bond motifs is 1. The Morgan fingerprint density at radius 2 is 1.96 bits per heavy atom. The van der Waals surface area contributed by atoms with Gasteiger partial charge in [-0.15, -0.1) is 0 Å². The third-order valence-electron chi connectivity index (χ3n) is 3.72. The number of nitrogens with zero attached hydrogens (tertiary/aromatic N) is 2. The number of rotatable bonds is 3. The summed E-state index contributed by atoms with van der Waals surface area (Å²) in [6.07, 6.45) is 0. The summed E-state index contributed by atoms with van der Waals surface area (Å²) in [5, 5.41) is 0. The van der Waals surface area contributed by atoms with E-state index in [1.807, 2.05) is 31.2 Å². The van der Waals surface area contributed by atoms with Crippen LogP contribution in [0, 0.1) is 6.92 Å². The molecule has 128 valence electrons. The van der Waals surface area contributed by atoms with Crippen molar-refractivity contribution in [2.45, 2.75) is 13.5 Å².